The highest BCUT2D eigenvalue weighted by molar-refractivity contribution is 5.79. The molecule has 3 unspecified atom stereocenters. The summed E-state index contributed by atoms with van der Waals surface area (Å²) >= 11 is 0. The van der Waals surface area contributed by atoms with Crippen LogP contribution in [-0.4, -0.2) is 18.0 Å². The van der Waals surface area contributed by atoms with Gasteiger partial charge in [-0.2, -0.15) is 0 Å². The normalized spacial score (nSPS) is 35.4. The molecule has 3 heteroatoms. The summed E-state index contributed by atoms with van der Waals surface area (Å²) in [5.41, 5.74) is 5.81. The number of hydrogen-bond donors (Lipinski definition) is 2. The number of carbonyl (C=O) groups excluding carboxylic acids is 1. The molecule has 2 rings (SSSR count). The Hall–Kier alpha value is -0.570. The summed E-state index contributed by atoms with van der Waals surface area (Å²) in [7, 11) is 0. The van der Waals surface area contributed by atoms with E-state index in [0.29, 0.717) is 18.4 Å². The van der Waals surface area contributed by atoms with Crippen molar-refractivity contribution in [1.29, 1.82) is 0 Å². The Balaban J connectivity index is 1.95. The largest absolute Gasteiger partial charge is 0.349 e. The van der Waals surface area contributed by atoms with Crippen molar-refractivity contribution >= 4 is 5.91 Å². The quantitative estimate of drug-likeness (QED) is 0.787. The lowest BCUT2D eigenvalue weighted by molar-refractivity contribution is -0.127. The standard InChI is InChI=1S/C14H26N2O/c1-10-4-3-7-14(8-10,9-15)16-13(17)11(2)12-5-6-12/h10-12H,3-9,15H2,1-2H3,(H,16,17). The first kappa shape index (κ1) is 12.9. The van der Waals surface area contributed by atoms with E-state index in [4.69, 9.17) is 5.73 Å². The summed E-state index contributed by atoms with van der Waals surface area (Å²) in [5.74, 6) is 1.72. The fraction of sp³-hybridized carbons (Fsp3) is 0.929. The Kier molecular flexibility index (Phi) is 3.76. The van der Waals surface area contributed by atoms with Crippen LogP contribution in [0.5, 0.6) is 0 Å². The van der Waals surface area contributed by atoms with Gasteiger partial charge in [0.1, 0.15) is 0 Å². The molecule has 0 aromatic rings. The van der Waals surface area contributed by atoms with Crippen LogP contribution in [0.2, 0.25) is 0 Å². The van der Waals surface area contributed by atoms with Crippen LogP contribution in [0.4, 0.5) is 0 Å². The van der Waals surface area contributed by atoms with E-state index in [1.165, 1.54) is 25.7 Å². The molecule has 17 heavy (non-hydrogen) atoms. The first-order valence-corrected chi connectivity index (χ1v) is 7.08. The molecule has 0 bridgehead atoms. The van der Waals surface area contributed by atoms with Gasteiger partial charge in [-0.15, -0.1) is 0 Å². The van der Waals surface area contributed by atoms with Crippen molar-refractivity contribution in [3.05, 3.63) is 0 Å². The smallest absolute Gasteiger partial charge is 0.223 e. The number of rotatable bonds is 4. The second kappa shape index (κ2) is 4.97. The maximum atomic E-state index is 12.2. The third-order valence-electron chi connectivity index (χ3n) is 4.61. The van der Waals surface area contributed by atoms with Gasteiger partial charge in [-0.1, -0.05) is 26.7 Å². The van der Waals surface area contributed by atoms with Crippen molar-refractivity contribution in [3.63, 3.8) is 0 Å². The molecular weight excluding hydrogens is 212 g/mol. The van der Waals surface area contributed by atoms with Gasteiger partial charge in [0.15, 0.2) is 0 Å². The molecule has 0 aromatic carbocycles. The molecule has 98 valence electrons. The summed E-state index contributed by atoms with van der Waals surface area (Å²) in [5, 5.41) is 3.27. The number of amides is 1. The zero-order valence-corrected chi connectivity index (χ0v) is 11.2. The molecule has 2 saturated carbocycles. The SMILES string of the molecule is CC1CCCC(CN)(NC(=O)C(C)C2CC2)C1. The zero-order valence-electron chi connectivity index (χ0n) is 11.2. The average molecular weight is 238 g/mol. The van der Waals surface area contributed by atoms with Crippen molar-refractivity contribution in [3.8, 4) is 0 Å². The summed E-state index contributed by atoms with van der Waals surface area (Å²) < 4.78 is 0. The molecule has 0 aliphatic heterocycles. The zero-order chi connectivity index (χ0) is 12.5. The van der Waals surface area contributed by atoms with Crippen LogP contribution in [0, 0.1) is 17.8 Å². The third kappa shape index (κ3) is 3.01. The van der Waals surface area contributed by atoms with E-state index in [1.807, 2.05) is 0 Å². The van der Waals surface area contributed by atoms with Crippen LogP contribution < -0.4 is 11.1 Å². The van der Waals surface area contributed by atoms with Gasteiger partial charge in [0, 0.05) is 12.5 Å². The topological polar surface area (TPSA) is 55.1 Å². The predicted octanol–water partition coefficient (Wildman–Crippen LogP) is 2.06. The minimum Gasteiger partial charge on any atom is -0.349 e. The molecule has 3 N–H and O–H groups in total. The van der Waals surface area contributed by atoms with Crippen molar-refractivity contribution in [2.24, 2.45) is 23.5 Å². The number of carbonyl (C=O) groups is 1. The van der Waals surface area contributed by atoms with Gasteiger partial charge in [0.05, 0.1) is 5.54 Å². The van der Waals surface area contributed by atoms with Crippen LogP contribution in [0.25, 0.3) is 0 Å². The van der Waals surface area contributed by atoms with Crippen LogP contribution in [0.3, 0.4) is 0 Å². The molecule has 0 spiro atoms. The molecule has 0 heterocycles. The molecule has 0 radical (unpaired) electrons. The Bertz CT molecular complexity index is 288. The summed E-state index contributed by atoms with van der Waals surface area (Å²) in [6, 6.07) is 0. The highest BCUT2D eigenvalue weighted by atomic mass is 16.2. The van der Waals surface area contributed by atoms with Gasteiger partial charge in [0.25, 0.3) is 0 Å². The monoisotopic (exact) mass is 238 g/mol. The van der Waals surface area contributed by atoms with E-state index in [9.17, 15) is 4.79 Å². The maximum Gasteiger partial charge on any atom is 0.223 e. The molecule has 3 nitrogen and oxygen atoms in total. The molecule has 1 amide bonds. The molecule has 2 fully saturated rings. The summed E-state index contributed by atoms with van der Waals surface area (Å²) in [6.45, 7) is 4.91. The minimum absolute atomic E-state index is 0.113. The second-order valence-electron chi connectivity index (χ2n) is 6.30. The fourth-order valence-corrected chi connectivity index (χ4v) is 3.20. The first-order valence-electron chi connectivity index (χ1n) is 7.08. The van der Waals surface area contributed by atoms with Crippen molar-refractivity contribution in [2.75, 3.05) is 6.54 Å². The molecule has 0 saturated heterocycles. The maximum absolute atomic E-state index is 12.2. The summed E-state index contributed by atoms with van der Waals surface area (Å²) in [4.78, 5) is 12.2. The van der Waals surface area contributed by atoms with Gasteiger partial charge in [-0.05, 0) is 37.5 Å². The van der Waals surface area contributed by atoms with Crippen LogP contribution in [0.1, 0.15) is 52.4 Å². The number of nitrogens with one attached hydrogen (secondary N) is 1. The first-order chi connectivity index (χ1) is 8.06. The lowest BCUT2D eigenvalue weighted by Crippen LogP contribution is -2.57. The average Bonchev–Trinajstić information content (AvgIpc) is 3.12. The van der Waals surface area contributed by atoms with Gasteiger partial charge in [-0.3, -0.25) is 4.79 Å². The second-order valence-corrected chi connectivity index (χ2v) is 6.30. The highest BCUT2D eigenvalue weighted by Gasteiger charge is 2.39. The Morgan fingerprint density at radius 2 is 2.18 bits per heavy atom. The lowest BCUT2D eigenvalue weighted by Gasteiger charge is -2.40. The van der Waals surface area contributed by atoms with E-state index < -0.39 is 0 Å². The van der Waals surface area contributed by atoms with E-state index in [-0.39, 0.29) is 17.4 Å². The lowest BCUT2D eigenvalue weighted by atomic mass is 9.76. The Labute approximate surface area is 105 Å². The molecule has 2 aliphatic rings. The van der Waals surface area contributed by atoms with Gasteiger partial charge < -0.3 is 11.1 Å². The molecule has 3 atom stereocenters. The van der Waals surface area contributed by atoms with Crippen LogP contribution >= 0.6 is 0 Å². The van der Waals surface area contributed by atoms with Crippen molar-refractivity contribution in [2.45, 2.75) is 57.9 Å². The minimum atomic E-state index is -0.113. The Morgan fingerprint density at radius 1 is 1.47 bits per heavy atom. The van der Waals surface area contributed by atoms with E-state index in [0.717, 1.165) is 12.8 Å². The molecule has 2 aliphatic carbocycles. The van der Waals surface area contributed by atoms with Gasteiger partial charge in [0.2, 0.25) is 5.91 Å². The third-order valence-corrected chi connectivity index (χ3v) is 4.61. The van der Waals surface area contributed by atoms with Crippen LogP contribution in [-0.2, 0) is 4.79 Å². The molecule has 0 aromatic heterocycles. The fourth-order valence-electron chi connectivity index (χ4n) is 3.20. The predicted molar refractivity (Wildman–Crippen MR) is 69.4 cm³/mol. The number of hydrogen-bond acceptors (Lipinski definition) is 2. The summed E-state index contributed by atoms with van der Waals surface area (Å²) in [6.07, 6.45) is 7.01. The Morgan fingerprint density at radius 3 is 2.71 bits per heavy atom. The van der Waals surface area contributed by atoms with E-state index in [2.05, 4.69) is 19.2 Å². The van der Waals surface area contributed by atoms with Crippen molar-refractivity contribution in [1.82, 2.24) is 5.32 Å². The highest BCUT2D eigenvalue weighted by Crippen LogP contribution is 2.38. The molecular formula is C14H26N2O. The van der Waals surface area contributed by atoms with E-state index >= 15 is 0 Å². The van der Waals surface area contributed by atoms with E-state index in [1.54, 1.807) is 0 Å². The number of nitrogens with two attached hydrogens (primary N) is 1. The van der Waals surface area contributed by atoms with Crippen molar-refractivity contribution < 1.29 is 4.79 Å². The van der Waals surface area contributed by atoms with Gasteiger partial charge >= 0.3 is 0 Å². The van der Waals surface area contributed by atoms with Gasteiger partial charge in [-0.25, -0.2) is 0 Å². The van der Waals surface area contributed by atoms with Crippen LogP contribution in [0.15, 0.2) is 0 Å².